The van der Waals surface area contributed by atoms with E-state index in [0.29, 0.717) is 53.9 Å². The van der Waals surface area contributed by atoms with Crippen LogP contribution in [0.4, 0.5) is 0 Å². The molecule has 1 amide bonds. The van der Waals surface area contributed by atoms with Gasteiger partial charge in [0.15, 0.2) is 12.6 Å². The number of carbonyl (C=O) groups is 2. The Kier molecular flexibility index (Phi) is 9.84. The molecule has 0 radical (unpaired) electrons. The number of amides is 1. The predicted molar refractivity (Wildman–Crippen MR) is 149 cm³/mol. The minimum Gasteiger partial charge on any atom is -0.497 e. The first kappa shape index (κ1) is 29.6. The topological polar surface area (TPSA) is 102 Å². The van der Waals surface area contributed by atoms with E-state index in [1.807, 2.05) is 39.0 Å². The van der Waals surface area contributed by atoms with Crippen LogP contribution in [0.3, 0.4) is 0 Å². The summed E-state index contributed by atoms with van der Waals surface area (Å²) < 4.78 is 35.0. The summed E-state index contributed by atoms with van der Waals surface area (Å²) >= 11 is 0. The molecule has 9 nitrogen and oxygen atoms in total. The lowest BCUT2D eigenvalue weighted by Gasteiger charge is -2.27. The largest absolute Gasteiger partial charge is 0.497 e. The van der Waals surface area contributed by atoms with Crippen LogP contribution in [0, 0.1) is 0 Å². The standard InChI is InChI=1S/C31H39NO8/c1-20-11-9-15-24(38-30(34)21-12-7-6-8-13-21)28-25(39-31(2,3)40-28)16-10-14-22-17-23(36-5)18-26(37-19-35-4)27(22)29(33)32-20/h6-8,10,12-14,17-18,20,24-25,28H,9,11,15-16,19H2,1-5H3,(H,32,33)/t20?,24?,25-,28?/m0/s1. The fourth-order valence-corrected chi connectivity index (χ4v) is 5.09. The fourth-order valence-electron chi connectivity index (χ4n) is 5.09. The number of nitrogens with one attached hydrogen (secondary N) is 1. The summed E-state index contributed by atoms with van der Waals surface area (Å²) in [6.07, 6.45) is 4.80. The van der Waals surface area contributed by atoms with E-state index in [9.17, 15) is 9.59 Å². The molecule has 0 bridgehead atoms. The highest BCUT2D eigenvalue weighted by Crippen LogP contribution is 2.36. The van der Waals surface area contributed by atoms with Crippen molar-refractivity contribution in [1.29, 1.82) is 0 Å². The van der Waals surface area contributed by atoms with Gasteiger partial charge in [-0.1, -0.05) is 30.4 Å². The summed E-state index contributed by atoms with van der Waals surface area (Å²) in [4.78, 5) is 26.5. The number of fused-ring (bicyclic) bond motifs is 2. The van der Waals surface area contributed by atoms with Gasteiger partial charge in [0.05, 0.1) is 24.3 Å². The molecule has 2 aliphatic rings. The van der Waals surface area contributed by atoms with E-state index in [2.05, 4.69) is 5.32 Å². The van der Waals surface area contributed by atoms with Crippen LogP contribution in [0.15, 0.2) is 48.5 Å². The molecule has 2 aromatic carbocycles. The van der Waals surface area contributed by atoms with Gasteiger partial charge >= 0.3 is 5.97 Å². The van der Waals surface area contributed by atoms with Crippen molar-refractivity contribution in [3.8, 4) is 11.5 Å². The molecule has 0 spiro atoms. The highest BCUT2D eigenvalue weighted by atomic mass is 16.8. The molecule has 2 aliphatic heterocycles. The lowest BCUT2D eigenvalue weighted by molar-refractivity contribution is -0.156. The minimum atomic E-state index is -0.846. The first-order valence-corrected chi connectivity index (χ1v) is 13.6. The van der Waals surface area contributed by atoms with Gasteiger partial charge in [-0.15, -0.1) is 0 Å². The molecular weight excluding hydrogens is 514 g/mol. The number of rotatable bonds is 6. The maximum Gasteiger partial charge on any atom is 0.338 e. The molecule has 0 aliphatic carbocycles. The second-order valence-corrected chi connectivity index (χ2v) is 10.5. The second kappa shape index (κ2) is 13.3. The van der Waals surface area contributed by atoms with Crippen LogP contribution in [0.5, 0.6) is 11.5 Å². The number of benzene rings is 2. The van der Waals surface area contributed by atoms with Crippen molar-refractivity contribution in [2.24, 2.45) is 0 Å². The zero-order valence-electron chi connectivity index (χ0n) is 23.8. The molecule has 0 aromatic heterocycles. The third-order valence-electron chi connectivity index (χ3n) is 6.93. The molecule has 0 saturated carbocycles. The van der Waals surface area contributed by atoms with Crippen LogP contribution in [0.1, 0.15) is 72.7 Å². The summed E-state index contributed by atoms with van der Waals surface area (Å²) in [5, 5.41) is 3.09. The van der Waals surface area contributed by atoms with E-state index in [4.69, 9.17) is 28.4 Å². The third-order valence-corrected chi connectivity index (χ3v) is 6.93. The molecule has 3 unspecified atom stereocenters. The predicted octanol–water partition coefficient (Wildman–Crippen LogP) is 5.13. The van der Waals surface area contributed by atoms with Crippen molar-refractivity contribution >= 4 is 18.0 Å². The van der Waals surface area contributed by atoms with Crippen LogP contribution in [0.25, 0.3) is 6.08 Å². The van der Waals surface area contributed by atoms with E-state index in [1.165, 1.54) is 7.11 Å². The second-order valence-electron chi connectivity index (χ2n) is 10.5. The Morgan fingerprint density at radius 2 is 1.88 bits per heavy atom. The van der Waals surface area contributed by atoms with Crippen molar-refractivity contribution in [3.05, 3.63) is 65.2 Å². The highest BCUT2D eigenvalue weighted by molar-refractivity contribution is 6.01. The molecule has 40 heavy (non-hydrogen) atoms. The Morgan fingerprint density at radius 1 is 1.10 bits per heavy atom. The fraction of sp³-hybridized carbons (Fsp3) is 0.484. The smallest absolute Gasteiger partial charge is 0.338 e. The molecule has 9 heteroatoms. The Morgan fingerprint density at radius 3 is 2.60 bits per heavy atom. The van der Waals surface area contributed by atoms with E-state index in [0.717, 1.165) is 0 Å². The summed E-state index contributed by atoms with van der Waals surface area (Å²) in [7, 11) is 3.08. The lowest BCUT2D eigenvalue weighted by Crippen LogP contribution is -2.39. The van der Waals surface area contributed by atoms with Gasteiger partial charge in [0, 0.05) is 19.2 Å². The van der Waals surface area contributed by atoms with Crippen LogP contribution in [0.2, 0.25) is 0 Å². The van der Waals surface area contributed by atoms with Gasteiger partial charge < -0.3 is 33.7 Å². The highest BCUT2D eigenvalue weighted by Gasteiger charge is 2.46. The number of hydrogen-bond donors (Lipinski definition) is 1. The lowest BCUT2D eigenvalue weighted by atomic mass is 9.97. The summed E-state index contributed by atoms with van der Waals surface area (Å²) in [6.45, 7) is 5.65. The molecule has 4 atom stereocenters. The van der Waals surface area contributed by atoms with E-state index >= 15 is 0 Å². The molecule has 216 valence electrons. The van der Waals surface area contributed by atoms with Gasteiger partial charge in [0.25, 0.3) is 5.91 Å². The maximum absolute atomic E-state index is 13.5. The van der Waals surface area contributed by atoms with Crippen molar-refractivity contribution in [3.63, 3.8) is 0 Å². The quantitative estimate of drug-likeness (QED) is 0.388. The van der Waals surface area contributed by atoms with Crippen LogP contribution in [-0.2, 0) is 18.9 Å². The molecular formula is C31H39NO8. The molecule has 1 N–H and O–H groups in total. The van der Waals surface area contributed by atoms with Crippen LogP contribution in [-0.4, -0.2) is 63.0 Å². The number of carbonyl (C=O) groups excluding carboxylic acids is 2. The number of hydrogen-bond acceptors (Lipinski definition) is 8. The number of ether oxygens (including phenoxy) is 6. The van der Waals surface area contributed by atoms with Gasteiger partial charge in [-0.2, -0.15) is 0 Å². The van der Waals surface area contributed by atoms with Gasteiger partial charge in [-0.25, -0.2) is 4.79 Å². The number of esters is 1. The van der Waals surface area contributed by atoms with E-state index < -0.39 is 24.0 Å². The Bertz CT molecular complexity index is 1200. The summed E-state index contributed by atoms with van der Waals surface area (Å²) in [5.41, 5.74) is 1.51. The summed E-state index contributed by atoms with van der Waals surface area (Å²) in [6, 6.07) is 12.2. The van der Waals surface area contributed by atoms with Gasteiger partial charge in [0.1, 0.15) is 23.7 Å². The van der Waals surface area contributed by atoms with Gasteiger partial charge in [-0.05, 0) is 70.2 Å². The Labute approximate surface area is 235 Å². The first-order chi connectivity index (χ1) is 19.2. The first-order valence-electron chi connectivity index (χ1n) is 13.6. The molecule has 1 saturated heterocycles. The van der Waals surface area contributed by atoms with Gasteiger partial charge in [-0.3, -0.25) is 4.79 Å². The Balaban J connectivity index is 1.68. The average Bonchev–Trinajstić information content (AvgIpc) is 3.24. The Hall–Kier alpha value is -3.40. The summed E-state index contributed by atoms with van der Waals surface area (Å²) in [5.74, 6) is -0.597. The van der Waals surface area contributed by atoms with Crippen molar-refractivity contribution in [2.45, 2.75) is 76.6 Å². The minimum absolute atomic E-state index is 0.0146. The molecule has 4 rings (SSSR count). The maximum atomic E-state index is 13.5. The van der Waals surface area contributed by atoms with Crippen molar-refractivity contribution in [1.82, 2.24) is 5.32 Å². The van der Waals surface area contributed by atoms with E-state index in [1.54, 1.807) is 43.5 Å². The SMILES string of the molecule is COCOc1cc(OC)cc2c1C(=O)NC(C)CCCC(OC(=O)c1ccccc1)C1OC(C)(C)O[C@H]1CC=C2. The third kappa shape index (κ3) is 7.41. The normalized spacial score (nSPS) is 24.7. The molecule has 1 fully saturated rings. The van der Waals surface area contributed by atoms with Crippen molar-refractivity contribution in [2.75, 3.05) is 21.0 Å². The van der Waals surface area contributed by atoms with Crippen LogP contribution >= 0.6 is 0 Å². The zero-order valence-corrected chi connectivity index (χ0v) is 23.8. The molecule has 2 heterocycles. The molecule has 2 aromatic rings. The average molecular weight is 554 g/mol. The zero-order chi connectivity index (χ0) is 28.7. The van der Waals surface area contributed by atoms with E-state index in [-0.39, 0.29) is 24.8 Å². The van der Waals surface area contributed by atoms with Crippen LogP contribution < -0.4 is 14.8 Å². The van der Waals surface area contributed by atoms with Crippen molar-refractivity contribution < 1.29 is 38.0 Å². The van der Waals surface area contributed by atoms with Gasteiger partial charge in [0.2, 0.25) is 0 Å². The number of methoxy groups -OCH3 is 2. The monoisotopic (exact) mass is 553 g/mol.